The smallest absolute Gasteiger partial charge is 0.261 e. The van der Waals surface area contributed by atoms with Gasteiger partial charge in [0, 0.05) is 22.5 Å². The predicted octanol–water partition coefficient (Wildman–Crippen LogP) is 2.15. The summed E-state index contributed by atoms with van der Waals surface area (Å²) < 4.78 is 0. The van der Waals surface area contributed by atoms with Crippen molar-refractivity contribution in [3.05, 3.63) is 58.9 Å². The molecule has 0 spiro atoms. The number of carbonyl (C=O) groups excluding carboxylic acids is 2. The molecule has 0 radical (unpaired) electrons. The minimum atomic E-state index is -1.92. The molecule has 1 aliphatic heterocycles. The molecule has 3 rings (SSSR count). The van der Waals surface area contributed by atoms with Gasteiger partial charge < -0.3 is 10.4 Å². The monoisotopic (exact) mass is 302 g/mol. The number of nitrogens with zero attached hydrogens (tertiary/aromatic N) is 1. The molecule has 0 fully saturated rings. The number of halogens is 1. The van der Waals surface area contributed by atoms with Crippen molar-refractivity contribution in [1.29, 1.82) is 0 Å². The minimum absolute atomic E-state index is 0.203. The summed E-state index contributed by atoms with van der Waals surface area (Å²) in [6.45, 7) is 0. The van der Waals surface area contributed by atoms with Gasteiger partial charge in [-0.15, -0.1) is 0 Å². The van der Waals surface area contributed by atoms with E-state index >= 15 is 0 Å². The van der Waals surface area contributed by atoms with E-state index in [0.717, 1.165) is 0 Å². The molecule has 1 aliphatic rings. The number of carbonyl (C=O) groups is 2. The van der Waals surface area contributed by atoms with Gasteiger partial charge >= 0.3 is 0 Å². The molecule has 0 unspecified atom stereocenters. The number of anilines is 1. The van der Waals surface area contributed by atoms with Crippen LogP contribution in [0.3, 0.4) is 0 Å². The molecule has 1 amide bonds. The van der Waals surface area contributed by atoms with Crippen LogP contribution in [0.4, 0.5) is 5.69 Å². The lowest BCUT2D eigenvalue weighted by Gasteiger charge is -2.19. The largest absolute Gasteiger partial charge is 0.375 e. The van der Waals surface area contributed by atoms with Crippen molar-refractivity contribution in [3.8, 4) is 0 Å². The van der Waals surface area contributed by atoms with E-state index in [1.54, 1.807) is 24.3 Å². The Balaban J connectivity index is 1.97. The topological polar surface area (TPSA) is 79.3 Å². The number of Topliss-reactive ketones (excluding diaryl/α,β-unsaturated/α-hetero) is 1. The maximum absolute atomic E-state index is 12.2. The molecule has 0 saturated heterocycles. The van der Waals surface area contributed by atoms with Crippen molar-refractivity contribution in [2.45, 2.75) is 12.0 Å². The van der Waals surface area contributed by atoms with Gasteiger partial charge in [-0.25, -0.2) is 0 Å². The van der Waals surface area contributed by atoms with E-state index in [9.17, 15) is 14.7 Å². The molecule has 2 heterocycles. The molecule has 1 aromatic carbocycles. The van der Waals surface area contributed by atoms with Crippen molar-refractivity contribution in [3.63, 3.8) is 0 Å². The van der Waals surface area contributed by atoms with E-state index in [1.165, 1.54) is 18.3 Å². The Morgan fingerprint density at radius 3 is 2.86 bits per heavy atom. The number of amides is 1. The van der Waals surface area contributed by atoms with Crippen LogP contribution in [0.5, 0.6) is 0 Å². The van der Waals surface area contributed by atoms with Crippen molar-refractivity contribution >= 4 is 29.0 Å². The second-order valence-corrected chi connectivity index (χ2v) is 5.26. The second-order valence-electron chi connectivity index (χ2n) is 4.82. The molecular formula is C15H11ClN2O3. The molecule has 0 saturated carbocycles. The summed E-state index contributed by atoms with van der Waals surface area (Å²) in [5.41, 5.74) is -0.950. The summed E-state index contributed by atoms with van der Waals surface area (Å²) in [7, 11) is 0. The summed E-state index contributed by atoms with van der Waals surface area (Å²) in [6, 6.07) is 9.58. The van der Waals surface area contributed by atoms with Gasteiger partial charge in [0.2, 0.25) is 0 Å². The SMILES string of the molecule is O=C(C[C@@]1(O)C(=O)Nc2ccc(Cl)cc21)c1ccccn1. The number of fused-ring (bicyclic) bond motifs is 1. The highest BCUT2D eigenvalue weighted by Crippen LogP contribution is 2.40. The number of hydrogen-bond acceptors (Lipinski definition) is 4. The summed E-state index contributed by atoms with van der Waals surface area (Å²) >= 11 is 5.90. The van der Waals surface area contributed by atoms with E-state index in [0.29, 0.717) is 16.3 Å². The fourth-order valence-electron chi connectivity index (χ4n) is 2.34. The van der Waals surface area contributed by atoms with Crippen molar-refractivity contribution < 1.29 is 14.7 Å². The standard InChI is InChI=1S/C15H11ClN2O3/c16-9-4-5-11-10(7-9)15(21,14(20)18-11)8-13(19)12-3-1-2-6-17-12/h1-7,21H,8H2,(H,18,20)/t15-/m0/s1. The van der Waals surface area contributed by atoms with Crippen molar-refractivity contribution in [2.75, 3.05) is 5.32 Å². The highest BCUT2D eigenvalue weighted by atomic mass is 35.5. The van der Waals surface area contributed by atoms with Crippen LogP contribution in [0, 0.1) is 0 Å². The molecule has 0 aliphatic carbocycles. The number of aliphatic hydroxyl groups is 1. The lowest BCUT2D eigenvalue weighted by Crippen LogP contribution is -2.36. The minimum Gasteiger partial charge on any atom is -0.375 e. The van der Waals surface area contributed by atoms with Crippen molar-refractivity contribution in [1.82, 2.24) is 4.98 Å². The van der Waals surface area contributed by atoms with Gasteiger partial charge in [-0.05, 0) is 30.3 Å². The van der Waals surface area contributed by atoms with Gasteiger partial charge in [0.25, 0.3) is 5.91 Å². The quantitative estimate of drug-likeness (QED) is 0.851. The molecule has 5 nitrogen and oxygen atoms in total. The van der Waals surface area contributed by atoms with Gasteiger partial charge in [-0.2, -0.15) is 0 Å². The van der Waals surface area contributed by atoms with Crippen LogP contribution in [0.1, 0.15) is 22.5 Å². The van der Waals surface area contributed by atoms with Crippen LogP contribution in [-0.2, 0) is 10.4 Å². The molecule has 2 aromatic rings. The zero-order chi connectivity index (χ0) is 15.0. The number of ketones is 1. The molecule has 21 heavy (non-hydrogen) atoms. The van der Waals surface area contributed by atoms with E-state index in [2.05, 4.69) is 10.3 Å². The Hall–Kier alpha value is -2.24. The molecule has 0 bridgehead atoms. The molecule has 1 aromatic heterocycles. The number of benzene rings is 1. The summed E-state index contributed by atoms with van der Waals surface area (Å²) in [4.78, 5) is 28.2. The number of pyridine rings is 1. The molecular weight excluding hydrogens is 292 g/mol. The number of rotatable bonds is 3. The first kappa shape index (κ1) is 13.7. The molecule has 106 valence electrons. The fourth-order valence-corrected chi connectivity index (χ4v) is 2.51. The molecule has 6 heteroatoms. The van der Waals surface area contributed by atoms with Crippen LogP contribution in [0.2, 0.25) is 5.02 Å². The van der Waals surface area contributed by atoms with Crippen LogP contribution in [0.25, 0.3) is 0 Å². The average molecular weight is 303 g/mol. The lowest BCUT2D eigenvalue weighted by molar-refractivity contribution is -0.133. The third kappa shape index (κ3) is 2.30. The first-order valence-corrected chi connectivity index (χ1v) is 6.66. The Bertz CT molecular complexity index is 733. The zero-order valence-corrected chi connectivity index (χ0v) is 11.6. The average Bonchev–Trinajstić information content (AvgIpc) is 2.72. The van der Waals surface area contributed by atoms with E-state index in [-0.39, 0.29) is 12.1 Å². The lowest BCUT2D eigenvalue weighted by atomic mass is 9.89. The normalized spacial score (nSPS) is 20.0. The van der Waals surface area contributed by atoms with Gasteiger partial charge in [-0.3, -0.25) is 14.6 Å². The maximum atomic E-state index is 12.2. The first-order valence-electron chi connectivity index (χ1n) is 6.29. The highest BCUT2D eigenvalue weighted by Gasteiger charge is 2.47. The molecule has 1 atom stereocenters. The Morgan fingerprint density at radius 1 is 1.33 bits per heavy atom. The Labute approximate surface area is 125 Å². The van der Waals surface area contributed by atoms with Crippen LogP contribution < -0.4 is 5.32 Å². The van der Waals surface area contributed by atoms with E-state index < -0.39 is 17.3 Å². The van der Waals surface area contributed by atoms with E-state index in [1.807, 2.05) is 0 Å². The predicted molar refractivity (Wildman–Crippen MR) is 77.2 cm³/mol. The Kier molecular flexibility index (Phi) is 3.23. The van der Waals surface area contributed by atoms with Crippen molar-refractivity contribution in [2.24, 2.45) is 0 Å². The second kappa shape index (κ2) is 4.95. The van der Waals surface area contributed by atoms with Gasteiger partial charge in [0.05, 0.1) is 6.42 Å². The zero-order valence-electron chi connectivity index (χ0n) is 10.8. The summed E-state index contributed by atoms with van der Waals surface area (Å²) in [5, 5.41) is 13.6. The van der Waals surface area contributed by atoms with E-state index in [4.69, 9.17) is 11.6 Å². The number of aromatic nitrogens is 1. The fraction of sp³-hybridized carbons (Fsp3) is 0.133. The third-order valence-electron chi connectivity index (χ3n) is 3.42. The molecule has 2 N–H and O–H groups in total. The third-order valence-corrected chi connectivity index (χ3v) is 3.65. The summed E-state index contributed by atoms with van der Waals surface area (Å²) in [6.07, 6.45) is 1.10. The maximum Gasteiger partial charge on any atom is 0.261 e. The van der Waals surface area contributed by atoms with Crippen LogP contribution in [0.15, 0.2) is 42.6 Å². The number of nitrogens with one attached hydrogen (secondary N) is 1. The highest BCUT2D eigenvalue weighted by molar-refractivity contribution is 6.31. The Morgan fingerprint density at radius 2 is 2.14 bits per heavy atom. The van der Waals surface area contributed by atoms with Crippen LogP contribution >= 0.6 is 11.6 Å². The number of hydrogen-bond donors (Lipinski definition) is 2. The van der Waals surface area contributed by atoms with Crippen LogP contribution in [-0.4, -0.2) is 21.8 Å². The first-order chi connectivity index (χ1) is 10.0. The van der Waals surface area contributed by atoms with Gasteiger partial charge in [-0.1, -0.05) is 17.7 Å². The van der Waals surface area contributed by atoms with Gasteiger partial charge in [0.15, 0.2) is 11.4 Å². The van der Waals surface area contributed by atoms with Gasteiger partial charge in [0.1, 0.15) is 5.69 Å². The summed E-state index contributed by atoms with van der Waals surface area (Å²) in [5.74, 6) is -1.05.